The van der Waals surface area contributed by atoms with Gasteiger partial charge in [0.1, 0.15) is 0 Å². The maximum Gasteiger partial charge on any atom is 0.0952 e. The molecule has 0 spiro atoms. The predicted molar refractivity (Wildman–Crippen MR) is 75.3 cm³/mol. The maximum atomic E-state index is 5.94. The molecule has 1 fully saturated rings. The number of hydrogen-bond donors (Lipinski definition) is 1. The van der Waals surface area contributed by atoms with Gasteiger partial charge in [0.05, 0.1) is 19.3 Å². The van der Waals surface area contributed by atoms with E-state index in [1.54, 1.807) is 0 Å². The van der Waals surface area contributed by atoms with Gasteiger partial charge in [0.15, 0.2) is 0 Å². The average Bonchev–Trinajstić information content (AvgIpc) is 2.46. The van der Waals surface area contributed by atoms with Gasteiger partial charge in [-0.3, -0.25) is 0 Å². The summed E-state index contributed by atoms with van der Waals surface area (Å²) < 4.78 is 11.5. The molecule has 0 bridgehead atoms. The zero-order valence-electron chi connectivity index (χ0n) is 11.7. The van der Waals surface area contributed by atoms with Crippen LogP contribution >= 0.6 is 0 Å². The molecule has 2 atom stereocenters. The maximum absolute atomic E-state index is 5.94. The fraction of sp³-hybridized carbons (Fsp3) is 0.625. The van der Waals surface area contributed by atoms with Crippen molar-refractivity contribution < 1.29 is 9.47 Å². The molecule has 19 heavy (non-hydrogen) atoms. The highest BCUT2D eigenvalue weighted by molar-refractivity contribution is 5.31. The molecule has 0 aromatic heterocycles. The average molecular weight is 261 g/mol. The molecule has 2 heterocycles. The summed E-state index contributed by atoms with van der Waals surface area (Å²) in [5.74, 6) is 0. The Morgan fingerprint density at radius 1 is 1.32 bits per heavy atom. The van der Waals surface area contributed by atoms with Crippen molar-refractivity contribution in [3.63, 3.8) is 0 Å². The summed E-state index contributed by atoms with van der Waals surface area (Å²) in [5, 5.41) is 3.66. The summed E-state index contributed by atoms with van der Waals surface area (Å²) in [6.07, 6.45) is 3.55. The zero-order chi connectivity index (χ0) is 13.1. The molecule has 1 saturated heterocycles. The topological polar surface area (TPSA) is 30.5 Å². The lowest BCUT2D eigenvalue weighted by Crippen LogP contribution is -2.50. The van der Waals surface area contributed by atoms with Gasteiger partial charge in [-0.15, -0.1) is 0 Å². The van der Waals surface area contributed by atoms with Crippen LogP contribution in [0.2, 0.25) is 0 Å². The first kappa shape index (κ1) is 13.1. The van der Waals surface area contributed by atoms with Crippen LogP contribution in [0.25, 0.3) is 0 Å². The van der Waals surface area contributed by atoms with Gasteiger partial charge in [0.2, 0.25) is 0 Å². The third kappa shape index (κ3) is 2.99. The Bertz CT molecular complexity index is 427. The van der Waals surface area contributed by atoms with Crippen LogP contribution in [0, 0.1) is 0 Å². The van der Waals surface area contributed by atoms with Crippen molar-refractivity contribution >= 4 is 0 Å². The van der Waals surface area contributed by atoms with Crippen molar-refractivity contribution in [2.75, 3.05) is 26.4 Å². The second kappa shape index (κ2) is 5.61. The van der Waals surface area contributed by atoms with Gasteiger partial charge >= 0.3 is 0 Å². The first-order valence-electron chi connectivity index (χ1n) is 7.29. The van der Waals surface area contributed by atoms with Crippen molar-refractivity contribution in [3.8, 4) is 0 Å². The van der Waals surface area contributed by atoms with Gasteiger partial charge in [0.25, 0.3) is 0 Å². The number of benzene rings is 1. The molecule has 2 aliphatic rings. The van der Waals surface area contributed by atoms with Crippen molar-refractivity contribution in [3.05, 3.63) is 35.4 Å². The molecule has 2 aliphatic heterocycles. The first-order valence-corrected chi connectivity index (χ1v) is 7.29. The molecule has 1 aromatic carbocycles. The lowest BCUT2D eigenvalue weighted by atomic mass is 9.93. The van der Waals surface area contributed by atoms with E-state index in [1.165, 1.54) is 17.5 Å². The minimum atomic E-state index is 0.105. The Morgan fingerprint density at radius 3 is 3.05 bits per heavy atom. The predicted octanol–water partition coefficient (Wildman–Crippen LogP) is 2.46. The van der Waals surface area contributed by atoms with E-state index in [2.05, 4.69) is 36.5 Å². The van der Waals surface area contributed by atoms with E-state index in [-0.39, 0.29) is 11.6 Å². The monoisotopic (exact) mass is 261 g/mol. The normalized spacial score (nSPS) is 30.9. The highest BCUT2D eigenvalue weighted by Gasteiger charge is 2.29. The summed E-state index contributed by atoms with van der Waals surface area (Å²) in [7, 11) is 0. The Hall–Kier alpha value is -0.900. The molecule has 1 N–H and O–H groups in total. The van der Waals surface area contributed by atoms with E-state index in [9.17, 15) is 0 Å². The molecule has 0 amide bonds. The Balaban J connectivity index is 1.64. The fourth-order valence-electron chi connectivity index (χ4n) is 3.06. The van der Waals surface area contributed by atoms with E-state index in [1.807, 2.05) is 0 Å². The van der Waals surface area contributed by atoms with Crippen molar-refractivity contribution in [2.24, 2.45) is 0 Å². The van der Waals surface area contributed by atoms with Crippen LogP contribution in [0.5, 0.6) is 0 Å². The number of hydrogen-bond acceptors (Lipinski definition) is 3. The van der Waals surface area contributed by atoms with Crippen LogP contribution in [0.15, 0.2) is 24.3 Å². The minimum absolute atomic E-state index is 0.105. The first-order chi connectivity index (χ1) is 9.27. The molecule has 2 unspecified atom stereocenters. The van der Waals surface area contributed by atoms with E-state index in [0.29, 0.717) is 0 Å². The quantitative estimate of drug-likeness (QED) is 0.906. The van der Waals surface area contributed by atoms with Crippen LogP contribution in [-0.2, 0) is 15.9 Å². The van der Waals surface area contributed by atoms with Crippen molar-refractivity contribution in [1.82, 2.24) is 5.32 Å². The van der Waals surface area contributed by atoms with E-state index < -0.39 is 0 Å². The smallest absolute Gasteiger partial charge is 0.0952 e. The molecular weight excluding hydrogens is 238 g/mol. The summed E-state index contributed by atoms with van der Waals surface area (Å²) >= 11 is 0. The van der Waals surface area contributed by atoms with Crippen LogP contribution in [0.4, 0.5) is 0 Å². The molecule has 3 rings (SSSR count). The fourth-order valence-corrected chi connectivity index (χ4v) is 3.06. The van der Waals surface area contributed by atoms with Gasteiger partial charge in [-0.2, -0.15) is 0 Å². The molecule has 3 heteroatoms. The SMILES string of the molecule is CC1(NCC2OCCc3ccccc32)CCCOC1. The number of rotatable bonds is 3. The number of fused-ring (bicyclic) bond motifs is 1. The second-order valence-corrected chi connectivity index (χ2v) is 5.91. The Kier molecular flexibility index (Phi) is 3.87. The molecule has 0 aliphatic carbocycles. The zero-order valence-corrected chi connectivity index (χ0v) is 11.7. The van der Waals surface area contributed by atoms with Crippen molar-refractivity contribution in [2.45, 2.75) is 37.8 Å². The number of ether oxygens (including phenoxy) is 2. The summed E-state index contributed by atoms with van der Waals surface area (Å²) in [6.45, 7) is 5.66. The van der Waals surface area contributed by atoms with Crippen LogP contribution < -0.4 is 5.32 Å². The molecule has 0 radical (unpaired) electrons. The van der Waals surface area contributed by atoms with Crippen molar-refractivity contribution in [1.29, 1.82) is 0 Å². The summed E-state index contributed by atoms with van der Waals surface area (Å²) in [5.41, 5.74) is 2.89. The highest BCUT2D eigenvalue weighted by atomic mass is 16.5. The van der Waals surface area contributed by atoms with Gasteiger partial charge in [-0.05, 0) is 37.3 Å². The second-order valence-electron chi connectivity index (χ2n) is 5.91. The molecule has 3 nitrogen and oxygen atoms in total. The van der Waals surface area contributed by atoms with E-state index in [4.69, 9.17) is 9.47 Å². The van der Waals surface area contributed by atoms with E-state index >= 15 is 0 Å². The third-order valence-corrected chi connectivity index (χ3v) is 4.24. The van der Waals surface area contributed by atoms with Gasteiger partial charge < -0.3 is 14.8 Å². The minimum Gasteiger partial charge on any atom is -0.380 e. The van der Waals surface area contributed by atoms with Crippen LogP contribution in [0.1, 0.15) is 37.0 Å². The van der Waals surface area contributed by atoms with Gasteiger partial charge in [-0.1, -0.05) is 24.3 Å². The standard InChI is InChI=1S/C16H23NO2/c1-16(8-4-9-18-12-16)17-11-15-14-6-3-2-5-13(14)7-10-19-15/h2-3,5-6,15,17H,4,7-12H2,1H3. The molecule has 0 saturated carbocycles. The van der Waals surface area contributed by atoms with E-state index in [0.717, 1.165) is 39.2 Å². The third-order valence-electron chi connectivity index (χ3n) is 4.24. The molecule has 104 valence electrons. The van der Waals surface area contributed by atoms with Crippen LogP contribution in [0.3, 0.4) is 0 Å². The van der Waals surface area contributed by atoms with Crippen LogP contribution in [-0.4, -0.2) is 31.9 Å². The lowest BCUT2D eigenvalue weighted by molar-refractivity contribution is 0.00488. The molecular formula is C16H23NO2. The summed E-state index contributed by atoms with van der Waals surface area (Å²) in [4.78, 5) is 0. The highest BCUT2D eigenvalue weighted by Crippen LogP contribution is 2.27. The summed E-state index contributed by atoms with van der Waals surface area (Å²) in [6, 6.07) is 8.63. The molecule has 1 aromatic rings. The Morgan fingerprint density at radius 2 is 2.21 bits per heavy atom. The van der Waals surface area contributed by atoms with Gasteiger partial charge in [0, 0.05) is 18.7 Å². The largest absolute Gasteiger partial charge is 0.380 e. The Labute approximate surface area is 115 Å². The lowest BCUT2D eigenvalue weighted by Gasteiger charge is -2.36. The number of nitrogens with one attached hydrogen (secondary N) is 1. The van der Waals surface area contributed by atoms with Gasteiger partial charge in [-0.25, -0.2) is 0 Å².